The molecule has 5 rings (SSSR count). The average molecular weight is 436 g/mol. The van der Waals surface area contributed by atoms with Crippen LogP contribution < -0.4 is 10.2 Å². The summed E-state index contributed by atoms with van der Waals surface area (Å²) in [6, 6.07) is 8.92. The lowest BCUT2D eigenvalue weighted by Crippen LogP contribution is -2.47. The number of nitrogens with zero attached hydrogens (tertiary/aromatic N) is 6. The molecule has 8 nitrogen and oxygen atoms in total. The number of fused-ring (bicyclic) bond motifs is 1. The normalized spacial score (nSPS) is 18.7. The highest BCUT2D eigenvalue weighted by atomic mass is 16.3. The second-order valence-corrected chi connectivity index (χ2v) is 8.93. The van der Waals surface area contributed by atoms with Crippen molar-refractivity contribution in [3.8, 4) is 0 Å². The van der Waals surface area contributed by atoms with Crippen LogP contribution in [-0.4, -0.2) is 69.1 Å². The van der Waals surface area contributed by atoms with Gasteiger partial charge in [0.1, 0.15) is 0 Å². The Bertz CT molecular complexity index is 1000. The lowest BCUT2D eigenvalue weighted by Gasteiger charge is -2.35. The monoisotopic (exact) mass is 435 g/mol. The number of hydrogen-bond acceptors (Lipinski definition) is 7. The molecule has 0 unspecified atom stereocenters. The zero-order chi connectivity index (χ0) is 21.8. The third-order valence-corrected chi connectivity index (χ3v) is 6.78. The zero-order valence-electron chi connectivity index (χ0n) is 18.7. The van der Waals surface area contributed by atoms with Gasteiger partial charge in [-0.2, -0.15) is 10.1 Å². The molecule has 2 aromatic heterocycles. The van der Waals surface area contributed by atoms with Gasteiger partial charge in [0.15, 0.2) is 5.65 Å². The number of nitrogens with one attached hydrogen (secondary N) is 1. The molecule has 2 aliphatic rings. The lowest BCUT2D eigenvalue weighted by atomic mass is 10.1. The van der Waals surface area contributed by atoms with Crippen LogP contribution in [0.5, 0.6) is 0 Å². The van der Waals surface area contributed by atoms with E-state index in [1.807, 2.05) is 12.4 Å². The molecule has 8 heteroatoms. The number of aromatic nitrogens is 4. The number of rotatable bonds is 6. The molecule has 0 amide bonds. The summed E-state index contributed by atoms with van der Waals surface area (Å²) in [6.07, 6.45) is 11.3. The standard InChI is InChI=1S/C24H33N7O/c32-16-15-29-11-13-30(14-12-29)21-9-7-20(8-10-21)27-24-25-17-19-18-26-31(23(19)28-24)22-5-3-1-2-4-6-22/h7-10,17-18,22,32H,1-6,11-16H2,(H,25,27,28). The minimum atomic E-state index is 0.232. The third-order valence-electron chi connectivity index (χ3n) is 6.78. The van der Waals surface area contributed by atoms with Gasteiger partial charge in [-0.25, -0.2) is 9.67 Å². The van der Waals surface area contributed by atoms with Crippen LogP contribution in [-0.2, 0) is 0 Å². The van der Waals surface area contributed by atoms with Crippen molar-refractivity contribution in [2.75, 3.05) is 49.5 Å². The molecule has 3 aromatic rings. The molecule has 2 N–H and O–H groups in total. The van der Waals surface area contributed by atoms with Crippen molar-refractivity contribution in [1.29, 1.82) is 0 Å². The molecule has 0 spiro atoms. The third kappa shape index (κ3) is 4.71. The molecular weight excluding hydrogens is 402 g/mol. The van der Waals surface area contributed by atoms with E-state index in [2.05, 4.69) is 54.1 Å². The molecule has 170 valence electrons. The predicted molar refractivity (Wildman–Crippen MR) is 128 cm³/mol. The summed E-state index contributed by atoms with van der Waals surface area (Å²) in [4.78, 5) is 14.0. The van der Waals surface area contributed by atoms with E-state index < -0.39 is 0 Å². The van der Waals surface area contributed by atoms with Crippen molar-refractivity contribution < 1.29 is 5.11 Å². The van der Waals surface area contributed by atoms with Gasteiger partial charge in [-0.05, 0) is 37.1 Å². The molecule has 0 bridgehead atoms. The summed E-state index contributed by atoms with van der Waals surface area (Å²) in [5, 5.41) is 18.1. The van der Waals surface area contributed by atoms with Crippen LogP contribution in [0.4, 0.5) is 17.3 Å². The Morgan fingerprint density at radius 2 is 1.69 bits per heavy atom. The summed E-state index contributed by atoms with van der Waals surface area (Å²) in [7, 11) is 0. The highest BCUT2D eigenvalue weighted by Gasteiger charge is 2.19. The van der Waals surface area contributed by atoms with Gasteiger partial charge in [-0.1, -0.05) is 25.7 Å². The Labute approximate surface area is 189 Å². The Kier molecular flexibility index (Phi) is 6.50. The number of aliphatic hydroxyl groups is 1. The Hall–Kier alpha value is -2.71. The van der Waals surface area contributed by atoms with Gasteiger partial charge in [0, 0.05) is 50.3 Å². The van der Waals surface area contributed by atoms with E-state index in [0.29, 0.717) is 12.0 Å². The van der Waals surface area contributed by atoms with Gasteiger partial charge >= 0.3 is 0 Å². The van der Waals surface area contributed by atoms with E-state index in [0.717, 1.165) is 49.4 Å². The summed E-state index contributed by atoms with van der Waals surface area (Å²) in [5.41, 5.74) is 3.13. The van der Waals surface area contributed by atoms with Crippen LogP contribution in [0.3, 0.4) is 0 Å². The minimum absolute atomic E-state index is 0.232. The average Bonchev–Trinajstić information content (AvgIpc) is 3.05. The van der Waals surface area contributed by atoms with E-state index in [-0.39, 0.29) is 6.61 Å². The van der Waals surface area contributed by atoms with Crippen molar-refractivity contribution in [1.82, 2.24) is 24.6 Å². The number of hydrogen-bond donors (Lipinski definition) is 2. The summed E-state index contributed by atoms with van der Waals surface area (Å²) < 4.78 is 2.12. The Morgan fingerprint density at radius 1 is 0.938 bits per heavy atom. The minimum Gasteiger partial charge on any atom is -0.395 e. The number of aliphatic hydroxyl groups excluding tert-OH is 1. The maximum Gasteiger partial charge on any atom is 0.229 e. The molecule has 2 fully saturated rings. The molecule has 3 heterocycles. The second-order valence-electron chi connectivity index (χ2n) is 8.93. The van der Waals surface area contributed by atoms with Crippen LogP contribution in [0, 0.1) is 0 Å². The molecule has 1 aliphatic carbocycles. The molecule has 32 heavy (non-hydrogen) atoms. The second kappa shape index (κ2) is 9.83. The van der Waals surface area contributed by atoms with Gasteiger partial charge < -0.3 is 15.3 Å². The highest BCUT2D eigenvalue weighted by molar-refractivity contribution is 5.75. The largest absolute Gasteiger partial charge is 0.395 e. The smallest absolute Gasteiger partial charge is 0.229 e. The van der Waals surface area contributed by atoms with Crippen LogP contribution in [0.2, 0.25) is 0 Å². The van der Waals surface area contributed by atoms with Gasteiger partial charge in [-0.15, -0.1) is 0 Å². The van der Waals surface area contributed by atoms with Crippen LogP contribution in [0.1, 0.15) is 44.6 Å². The SMILES string of the molecule is OCCN1CCN(c2ccc(Nc3ncc4cnn(C5CCCCCC5)c4n3)cc2)CC1. The van der Waals surface area contributed by atoms with Crippen molar-refractivity contribution in [2.24, 2.45) is 0 Å². The van der Waals surface area contributed by atoms with Crippen LogP contribution >= 0.6 is 0 Å². The molecule has 1 saturated carbocycles. The topological polar surface area (TPSA) is 82.3 Å². The maximum absolute atomic E-state index is 9.11. The van der Waals surface area contributed by atoms with E-state index in [4.69, 9.17) is 10.1 Å². The fourth-order valence-corrected chi connectivity index (χ4v) is 4.92. The first kappa shape index (κ1) is 21.2. The van der Waals surface area contributed by atoms with Crippen LogP contribution in [0.25, 0.3) is 11.0 Å². The van der Waals surface area contributed by atoms with Crippen LogP contribution in [0.15, 0.2) is 36.7 Å². The Balaban J connectivity index is 1.27. The highest BCUT2D eigenvalue weighted by Crippen LogP contribution is 2.29. The number of β-amino-alcohol motifs (C(OH)–C–C–N with tert-alkyl or cyclic N) is 1. The quantitative estimate of drug-likeness (QED) is 0.573. The molecular formula is C24H33N7O. The molecule has 1 saturated heterocycles. The zero-order valence-corrected chi connectivity index (χ0v) is 18.7. The van der Waals surface area contributed by atoms with Gasteiger partial charge in [0.25, 0.3) is 0 Å². The van der Waals surface area contributed by atoms with E-state index in [9.17, 15) is 0 Å². The molecule has 1 aromatic carbocycles. The maximum atomic E-state index is 9.11. The molecule has 1 aliphatic heterocycles. The van der Waals surface area contributed by atoms with Crippen molar-refractivity contribution >= 4 is 28.4 Å². The fourth-order valence-electron chi connectivity index (χ4n) is 4.92. The first-order chi connectivity index (χ1) is 15.8. The van der Waals surface area contributed by atoms with E-state index in [1.54, 1.807) is 0 Å². The van der Waals surface area contributed by atoms with E-state index >= 15 is 0 Å². The van der Waals surface area contributed by atoms with E-state index in [1.165, 1.54) is 44.2 Å². The first-order valence-corrected chi connectivity index (χ1v) is 12.0. The number of benzene rings is 1. The fraction of sp³-hybridized carbons (Fsp3) is 0.542. The summed E-state index contributed by atoms with van der Waals surface area (Å²) in [6.45, 7) is 4.94. The molecule has 0 atom stereocenters. The van der Waals surface area contributed by atoms with Gasteiger partial charge in [-0.3, -0.25) is 4.90 Å². The summed E-state index contributed by atoms with van der Waals surface area (Å²) in [5.74, 6) is 0.609. The Morgan fingerprint density at radius 3 is 2.41 bits per heavy atom. The van der Waals surface area contributed by atoms with Gasteiger partial charge in [0.05, 0.1) is 24.2 Å². The number of piperazine rings is 1. The van der Waals surface area contributed by atoms with Gasteiger partial charge in [0.2, 0.25) is 5.95 Å². The molecule has 0 radical (unpaired) electrons. The number of anilines is 3. The lowest BCUT2D eigenvalue weighted by molar-refractivity contribution is 0.189. The van der Waals surface area contributed by atoms with Crippen molar-refractivity contribution in [3.63, 3.8) is 0 Å². The first-order valence-electron chi connectivity index (χ1n) is 12.0. The summed E-state index contributed by atoms with van der Waals surface area (Å²) >= 11 is 0. The van der Waals surface area contributed by atoms with Crippen molar-refractivity contribution in [2.45, 2.75) is 44.6 Å². The van der Waals surface area contributed by atoms with Crippen molar-refractivity contribution in [3.05, 3.63) is 36.7 Å². The predicted octanol–water partition coefficient (Wildman–Crippen LogP) is 3.58.